The molecule has 0 bridgehead atoms. The van der Waals surface area contributed by atoms with Crippen LogP contribution in [0.25, 0.3) is 0 Å². The first kappa shape index (κ1) is 14.7. The first-order valence-electron chi connectivity index (χ1n) is 6.08. The molecule has 2 aromatic rings. The lowest BCUT2D eigenvalue weighted by Crippen LogP contribution is -2.20. The highest BCUT2D eigenvalue weighted by Crippen LogP contribution is 2.26. The fraction of sp³-hybridized carbons (Fsp3) is 0.231. The van der Waals surface area contributed by atoms with Gasteiger partial charge in [0.25, 0.3) is 0 Å². The molecule has 1 atom stereocenters. The number of aromatic nitrogens is 2. The second-order valence-electron chi connectivity index (χ2n) is 4.41. The van der Waals surface area contributed by atoms with Gasteiger partial charge in [-0.3, -0.25) is 0 Å². The van der Waals surface area contributed by atoms with Gasteiger partial charge in [0.1, 0.15) is 22.4 Å². The third kappa shape index (κ3) is 3.64. The number of nitrogen functional groups attached to an aromatic ring is 1. The minimum Gasteiger partial charge on any atom is -0.366 e. The zero-order valence-electron chi connectivity index (χ0n) is 10.9. The van der Waals surface area contributed by atoms with Crippen molar-refractivity contribution in [3.63, 3.8) is 0 Å². The molecule has 0 saturated heterocycles. The molecule has 106 valence electrons. The number of rotatable bonds is 5. The number of benzene rings is 1. The molecule has 0 aliphatic carbocycles. The Labute approximate surface area is 124 Å². The Bertz CT molecular complexity index is 575. The molecule has 1 aromatic heterocycles. The minimum absolute atomic E-state index is 0.122. The maximum absolute atomic E-state index is 12.8. The van der Waals surface area contributed by atoms with Crippen LogP contribution in [0.4, 0.5) is 16.0 Å². The number of nitrogens with one attached hydrogen (secondary N) is 2. The van der Waals surface area contributed by atoms with Gasteiger partial charge >= 0.3 is 0 Å². The Morgan fingerprint density at radius 1 is 1.25 bits per heavy atom. The zero-order valence-corrected chi connectivity index (χ0v) is 12.5. The van der Waals surface area contributed by atoms with Gasteiger partial charge in [-0.25, -0.2) is 20.2 Å². The van der Waals surface area contributed by atoms with Gasteiger partial charge in [0.05, 0.1) is 0 Å². The largest absolute Gasteiger partial charge is 0.366 e. The van der Waals surface area contributed by atoms with Crippen molar-refractivity contribution in [2.75, 3.05) is 10.7 Å². The van der Waals surface area contributed by atoms with E-state index in [-0.39, 0.29) is 11.9 Å². The topological polar surface area (TPSA) is 75.9 Å². The highest BCUT2D eigenvalue weighted by Gasteiger charge is 2.11. The fourth-order valence-electron chi connectivity index (χ4n) is 1.83. The van der Waals surface area contributed by atoms with E-state index in [9.17, 15) is 4.39 Å². The molecule has 0 fully saturated rings. The summed E-state index contributed by atoms with van der Waals surface area (Å²) in [5.74, 6) is 6.29. The van der Waals surface area contributed by atoms with Gasteiger partial charge in [0.2, 0.25) is 0 Å². The first-order valence-corrected chi connectivity index (χ1v) is 6.87. The summed E-state index contributed by atoms with van der Waals surface area (Å²) in [6, 6.07) is 6.58. The second-order valence-corrected chi connectivity index (χ2v) is 5.20. The molecule has 7 heteroatoms. The van der Waals surface area contributed by atoms with Crippen molar-refractivity contribution in [1.29, 1.82) is 0 Å². The number of hydrogen-bond donors (Lipinski definition) is 3. The van der Waals surface area contributed by atoms with Gasteiger partial charge in [-0.2, -0.15) is 0 Å². The summed E-state index contributed by atoms with van der Waals surface area (Å²) < 4.78 is 13.5. The van der Waals surface area contributed by atoms with Crippen LogP contribution < -0.4 is 16.6 Å². The molecule has 4 N–H and O–H groups in total. The molecular weight excluding hydrogens is 325 g/mol. The van der Waals surface area contributed by atoms with E-state index in [4.69, 9.17) is 5.84 Å². The maximum Gasteiger partial charge on any atom is 0.159 e. The summed E-state index contributed by atoms with van der Waals surface area (Å²) in [7, 11) is 0. The van der Waals surface area contributed by atoms with E-state index < -0.39 is 0 Å². The molecule has 20 heavy (non-hydrogen) atoms. The van der Waals surface area contributed by atoms with Crippen LogP contribution in [0.3, 0.4) is 0 Å². The van der Waals surface area contributed by atoms with Gasteiger partial charge in [0, 0.05) is 6.04 Å². The van der Waals surface area contributed by atoms with Crippen molar-refractivity contribution in [3.05, 3.63) is 46.4 Å². The van der Waals surface area contributed by atoms with Crippen LogP contribution >= 0.6 is 15.9 Å². The summed E-state index contributed by atoms with van der Waals surface area (Å²) in [5.41, 5.74) is 3.53. The molecule has 0 amide bonds. The van der Waals surface area contributed by atoms with Crippen LogP contribution in [0.15, 0.2) is 35.1 Å². The third-order valence-electron chi connectivity index (χ3n) is 2.76. The Hall–Kier alpha value is -1.73. The lowest BCUT2D eigenvalue weighted by atomic mass is 10.1. The van der Waals surface area contributed by atoms with Crippen LogP contribution in [0.5, 0.6) is 0 Å². The highest BCUT2D eigenvalue weighted by molar-refractivity contribution is 9.10. The van der Waals surface area contributed by atoms with Crippen molar-refractivity contribution in [2.24, 2.45) is 5.84 Å². The average Bonchev–Trinajstić information content (AvgIpc) is 2.44. The molecule has 0 radical (unpaired) electrons. The molecule has 2 rings (SSSR count). The second kappa shape index (κ2) is 6.62. The van der Waals surface area contributed by atoms with E-state index in [2.05, 4.69) is 36.6 Å². The van der Waals surface area contributed by atoms with E-state index in [1.54, 1.807) is 12.1 Å². The standard InChI is InChI=1S/C13H15BrFN5/c1-8(6-9-2-4-10(15)5-3-9)19-12-11(14)13(20-16)18-7-17-12/h2-5,7-8H,6,16H2,1H3,(H2,17,18,19,20). The summed E-state index contributed by atoms with van der Waals surface area (Å²) in [6.45, 7) is 2.02. The fourth-order valence-corrected chi connectivity index (χ4v) is 2.26. The van der Waals surface area contributed by atoms with Crippen molar-refractivity contribution in [2.45, 2.75) is 19.4 Å². The van der Waals surface area contributed by atoms with Crippen molar-refractivity contribution >= 4 is 27.6 Å². The van der Waals surface area contributed by atoms with Crippen molar-refractivity contribution < 1.29 is 4.39 Å². The van der Waals surface area contributed by atoms with Crippen LogP contribution in [0.2, 0.25) is 0 Å². The molecule has 1 aromatic carbocycles. The predicted molar refractivity (Wildman–Crippen MR) is 80.7 cm³/mol. The maximum atomic E-state index is 12.8. The number of nitrogens with two attached hydrogens (primary N) is 1. The third-order valence-corrected chi connectivity index (χ3v) is 3.52. The number of anilines is 2. The van der Waals surface area contributed by atoms with Crippen molar-refractivity contribution in [3.8, 4) is 0 Å². The van der Waals surface area contributed by atoms with E-state index in [0.717, 1.165) is 12.0 Å². The summed E-state index contributed by atoms with van der Waals surface area (Å²) in [6.07, 6.45) is 2.18. The quantitative estimate of drug-likeness (QED) is 0.576. The van der Waals surface area contributed by atoms with Crippen molar-refractivity contribution in [1.82, 2.24) is 9.97 Å². The normalized spacial score (nSPS) is 12.0. The van der Waals surface area contributed by atoms with E-state index in [1.165, 1.54) is 18.5 Å². The van der Waals surface area contributed by atoms with Crippen LogP contribution in [-0.2, 0) is 6.42 Å². The van der Waals surface area contributed by atoms with Gasteiger partial charge in [-0.15, -0.1) is 0 Å². The molecule has 0 aliphatic heterocycles. The van der Waals surface area contributed by atoms with Crippen LogP contribution in [-0.4, -0.2) is 16.0 Å². The van der Waals surface area contributed by atoms with E-state index in [1.807, 2.05) is 6.92 Å². The van der Waals surface area contributed by atoms with Gasteiger partial charge in [-0.1, -0.05) is 12.1 Å². The van der Waals surface area contributed by atoms with Gasteiger partial charge in [-0.05, 0) is 47.0 Å². The smallest absolute Gasteiger partial charge is 0.159 e. The SMILES string of the molecule is CC(Cc1ccc(F)cc1)Nc1ncnc(NN)c1Br. The molecule has 1 unspecified atom stereocenters. The molecule has 0 spiro atoms. The summed E-state index contributed by atoms with van der Waals surface area (Å²) in [4.78, 5) is 8.14. The number of nitrogens with zero attached hydrogens (tertiary/aromatic N) is 2. The Kier molecular flexibility index (Phi) is 4.86. The predicted octanol–water partition coefficient (Wildman–Crippen LogP) is 2.71. The molecule has 0 aliphatic rings. The lowest BCUT2D eigenvalue weighted by molar-refractivity contribution is 0.626. The monoisotopic (exact) mass is 339 g/mol. The van der Waals surface area contributed by atoms with Crippen LogP contribution in [0.1, 0.15) is 12.5 Å². The molecular formula is C13H15BrFN5. The molecule has 1 heterocycles. The van der Waals surface area contributed by atoms with Gasteiger partial charge < -0.3 is 10.7 Å². The molecule has 0 saturated carbocycles. The minimum atomic E-state index is -0.230. The van der Waals surface area contributed by atoms with E-state index in [0.29, 0.717) is 16.1 Å². The molecule has 5 nitrogen and oxygen atoms in total. The Morgan fingerprint density at radius 2 is 1.90 bits per heavy atom. The zero-order chi connectivity index (χ0) is 14.5. The highest BCUT2D eigenvalue weighted by atomic mass is 79.9. The Morgan fingerprint density at radius 3 is 2.55 bits per heavy atom. The van der Waals surface area contributed by atoms with E-state index >= 15 is 0 Å². The van der Waals surface area contributed by atoms with Gasteiger partial charge in [0.15, 0.2) is 5.82 Å². The van der Waals surface area contributed by atoms with Crippen LogP contribution in [0, 0.1) is 5.82 Å². The number of halogens is 2. The summed E-state index contributed by atoms with van der Waals surface area (Å²) >= 11 is 3.39. The summed E-state index contributed by atoms with van der Waals surface area (Å²) in [5, 5.41) is 3.26. The lowest BCUT2D eigenvalue weighted by Gasteiger charge is -2.16. The Balaban J connectivity index is 2.04. The average molecular weight is 340 g/mol. The first-order chi connectivity index (χ1) is 9.60. The number of hydrogen-bond acceptors (Lipinski definition) is 5. The number of hydrazine groups is 1.